The molecule has 138 valence electrons. The molecular weight excluding hydrogens is 338 g/mol. The van der Waals surface area contributed by atoms with E-state index in [2.05, 4.69) is 40.1 Å². The molecule has 5 nitrogen and oxygen atoms in total. The molecule has 3 aromatic carbocycles. The van der Waals surface area contributed by atoms with E-state index < -0.39 is 6.04 Å². The number of hydrazone groups is 1. The molecule has 0 bridgehead atoms. The lowest BCUT2D eigenvalue weighted by molar-refractivity contribution is -0.121. The fraction of sp³-hybridized carbons (Fsp3) is 0.182. The summed E-state index contributed by atoms with van der Waals surface area (Å²) in [5.74, 6) is 0.467. The Kier molecular flexibility index (Phi) is 5.71. The summed E-state index contributed by atoms with van der Waals surface area (Å²) in [5, 5.41) is 9.71. The maximum atomic E-state index is 12.4. The smallest absolute Gasteiger partial charge is 0.262 e. The number of anilines is 1. The van der Waals surface area contributed by atoms with Gasteiger partial charge in [0.2, 0.25) is 0 Å². The number of nitrogens with zero attached hydrogens (tertiary/aromatic N) is 1. The van der Waals surface area contributed by atoms with E-state index in [1.54, 1.807) is 14.0 Å². The predicted molar refractivity (Wildman–Crippen MR) is 110 cm³/mol. The third-order valence-corrected chi connectivity index (χ3v) is 4.37. The van der Waals surface area contributed by atoms with Gasteiger partial charge in [-0.25, -0.2) is 5.43 Å². The summed E-state index contributed by atoms with van der Waals surface area (Å²) in [5.41, 5.74) is 5.11. The van der Waals surface area contributed by atoms with E-state index in [9.17, 15) is 4.79 Å². The SMILES string of the molecule is COc1ccccc1N[C@@H](C)C(=O)NN=C(C)c1ccc2ccccc2c1. The fourth-order valence-electron chi connectivity index (χ4n) is 2.78. The molecule has 0 saturated heterocycles. The Morgan fingerprint density at radius 3 is 2.48 bits per heavy atom. The Morgan fingerprint density at radius 1 is 1.00 bits per heavy atom. The summed E-state index contributed by atoms with van der Waals surface area (Å²) in [4.78, 5) is 12.4. The molecule has 0 spiro atoms. The topological polar surface area (TPSA) is 62.7 Å². The molecule has 0 unspecified atom stereocenters. The number of para-hydroxylation sites is 2. The monoisotopic (exact) mass is 361 g/mol. The van der Waals surface area contributed by atoms with Gasteiger partial charge in [0, 0.05) is 0 Å². The highest BCUT2D eigenvalue weighted by atomic mass is 16.5. The Morgan fingerprint density at radius 2 is 1.70 bits per heavy atom. The minimum absolute atomic E-state index is 0.221. The molecule has 1 amide bonds. The molecule has 1 atom stereocenters. The van der Waals surface area contributed by atoms with Gasteiger partial charge >= 0.3 is 0 Å². The van der Waals surface area contributed by atoms with Crippen LogP contribution in [0.4, 0.5) is 5.69 Å². The van der Waals surface area contributed by atoms with Crippen molar-refractivity contribution in [2.24, 2.45) is 5.10 Å². The summed E-state index contributed by atoms with van der Waals surface area (Å²) in [7, 11) is 1.60. The molecule has 0 aliphatic rings. The van der Waals surface area contributed by atoms with Crippen molar-refractivity contribution in [3.8, 4) is 5.75 Å². The molecule has 0 aliphatic heterocycles. The number of rotatable bonds is 6. The zero-order chi connectivity index (χ0) is 19.2. The number of ether oxygens (including phenoxy) is 1. The van der Waals surface area contributed by atoms with Crippen LogP contribution < -0.4 is 15.5 Å². The molecule has 0 fully saturated rings. The quantitative estimate of drug-likeness (QED) is 0.511. The second-order valence-corrected chi connectivity index (χ2v) is 6.30. The van der Waals surface area contributed by atoms with Crippen LogP contribution in [0.2, 0.25) is 0 Å². The van der Waals surface area contributed by atoms with Crippen molar-refractivity contribution in [2.75, 3.05) is 12.4 Å². The van der Waals surface area contributed by atoms with E-state index in [1.165, 1.54) is 5.39 Å². The highest BCUT2D eigenvalue weighted by molar-refractivity contribution is 6.02. The van der Waals surface area contributed by atoms with E-state index in [0.29, 0.717) is 5.75 Å². The van der Waals surface area contributed by atoms with Crippen molar-refractivity contribution >= 4 is 28.1 Å². The first kappa shape index (κ1) is 18.5. The third kappa shape index (κ3) is 4.44. The van der Waals surface area contributed by atoms with Gasteiger partial charge < -0.3 is 10.1 Å². The average Bonchev–Trinajstić information content (AvgIpc) is 2.71. The van der Waals surface area contributed by atoms with Crippen molar-refractivity contribution in [3.05, 3.63) is 72.3 Å². The minimum Gasteiger partial charge on any atom is -0.495 e. The van der Waals surface area contributed by atoms with Gasteiger partial charge in [-0.05, 0) is 48.4 Å². The number of benzene rings is 3. The predicted octanol–water partition coefficient (Wildman–Crippen LogP) is 4.19. The zero-order valence-electron chi connectivity index (χ0n) is 15.7. The molecule has 27 heavy (non-hydrogen) atoms. The summed E-state index contributed by atoms with van der Waals surface area (Å²) in [6.07, 6.45) is 0. The van der Waals surface area contributed by atoms with Gasteiger partial charge in [0.15, 0.2) is 0 Å². The first-order valence-electron chi connectivity index (χ1n) is 8.81. The van der Waals surface area contributed by atoms with Crippen LogP contribution in [-0.4, -0.2) is 24.8 Å². The first-order chi connectivity index (χ1) is 13.1. The van der Waals surface area contributed by atoms with Crippen molar-refractivity contribution in [1.29, 1.82) is 0 Å². The van der Waals surface area contributed by atoms with Crippen molar-refractivity contribution in [3.63, 3.8) is 0 Å². The largest absolute Gasteiger partial charge is 0.495 e. The summed E-state index contributed by atoms with van der Waals surface area (Å²) in [6.45, 7) is 3.66. The number of methoxy groups -OCH3 is 1. The van der Waals surface area contributed by atoms with Crippen LogP contribution in [0.25, 0.3) is 10.8 Å². The molecule has 2 N–H and O–H groups in total. The van der Waals surface area contributed by atoms with Gasteiger partial charge in [-0.2, -0.15) is 5.10 Å². The van der Waals surface area contributed by atoms with Crippen LogP contribution in [0.5, 0.6) is 5.75 Å². The zero-order valence-corrected chi connectivity index (χ0v) is 15.7. The number of carbonyl (C=O) groups is 1. The second-order valence-electron chi connectivity index (χ2n) is 6.30. The van der Waals surface area contributed by atoms with E-state index in [-0.39, 0.29) is 5.91 Å². The lowest BCUT2D eigenvalue weighted by atomic mass is 10.0. The van der Waals surface area contributed by atoms with Gasteiger partial charge in [0.1, 0.15) is 11.8 Å². The second kappa shape index (κ2) is 8.36. The van der Waals surface area contributed by atoms with Crippen LogP contribution in [0.1, 0.15) is 19.4 Å². The van der Waals surface area contributed by atoms with Crippen LogP contribution in [0.15, 0.2) is 71.8 Å². The molecule has 5 heteroatoms. The van der Waals surface area contributed by atoms with Crippen LogP contribution in [-0.2, 0) is 4.79 Å². The Bertz CT molecular complexity index is 982. The highest BCUT2D eigenvalue weighted by Crippen LogP contribution is 2.23. The molecule has 3 rings (SSSR count). The van der Waals surface area contributed by atoms with Gasteiger partial charge in [-0.1, -0.05) is 48.5 Å². The van der Waals surface area contributed by atoms with Gasteiger partial charge in [-0.3, -0.25) is 4.79 Å². The summed E-state index contributed by atoms with van der Waals surface area (Å²) >= 11 is 0. The number of hydrogen-bond donors (Lipinski definition) is 2. The van der Waals surface area contributed by atoms with Crippen LogP contribution in [0, 0.1) is 0 Å². The van der Waals surface area contributed by atoms with E-state index >= 15 is 0 Å². The Balaban J connectivity index is 1.67. The fourth-order valence-corrected chi connectivity index (χ4v) is 2.78. The average molecular weight is 361 g/mol. The van der Waals surface area contributed by atoms with Crippen molar-refractivity contribution in [1.82, 2.24) is 5.43 Å². The van der Waals surface area contributed by atoms with Crippen molar-refractivity contribution in [2.45, 2.75) is 19.9 Å². The number of hydrogen-bond acceptors (Lipinski definition) is 4. The Labute approximate surface area is 159 Å². The standard InChI is InChI=1S/C22H23N3O2/c1-15(18-13-12-17-8-4-5-9-19(17)14-18)24-25-22(26)16(2)23-20-10-6-7-11-21(20)27-3/h4-14,16,23H,1-3H3,(H,25,26)/t16-/m0/s1. The lowest BCUT2D eigenvalue weighted by Crippen LogP contribution is -2.35. The van der Waals surface area contributed by atoms with Crippen molar-refractivity contribution < 1.29 is 9.53 Å². The number of carbonyl (C=O) groups excluding carboxylic acids is 1. The molecule has 0 aromatic heterocycles. The molecule has 3 aromatic rings. The Hall–Kier alpha value is -3.34. The maximum absolute atomic E-state index is 12.4. The first-order valence-corrected chi connectivity index (χ1v) is 8.81. The third-order valence-electron chi connectivity index (χ3n) is 4.37. The van der Waals surface area contributed by atoms with Gasteiger partial charge in [-0.15, -0.1) is 0 Å². The van der Waals surface area contributed by atoms with Crippen LogP contribution >= 0.6 is 0 Å². The highest BCUT2D eigenvalue weighted by Gasteiger charge is 2.14. The lowest BCUT2D eigenvalue weighted by Gasteiger charge is -2.16. The molecular formula is C22H23N3O2. The minimum atomic E-state index is -0.463. The molecule has 0 radical (unpaired) electrons. The van der Waals surface area contributed by atoms with Gasteiger partial charge in [0.25, 0.3) is 5.91 Å². The van der Waals surface area contributed by atoms with Crippen LogP contribution in [0.3, 0.4) is 0 Å². The number of nitrogens with one attached hydrogen (secondary N) is 2. The van der Waals surface area contributed by atoms with Gasteiger partial charge in [0.05, 0.1) is 18.5 Å². The number of fused-ring (bicyclic) bond motifs is 1. The molecule has 0 heterocycles. The summed E-state index contributed by atoms with van der Waals surface area (Å²) < 4.78 is 5.30. The molecule has 0 saturated carbocycles. The maximum Gasteiger partial charge on any atom is 0.262 e. The van der Waals surface area contributed by atoms with E-state index in [1.807, 2.05) is 49.4 Å². The number of amides is 1. The van der Waals surface area contributed by atoms with E-state index in [4.69, 9.17) is 4.74 Å². The van der Waals surface area contributed by atoms with E-state index in [0.717, 1.165) is 22.3 Å². The summed E-state index contributed by atoms with van der Waals surface area (Å²) in [6, 6.07) is 21.3. The normalized spacial score (nSPS) is 12.5. The molecule has 0 aliphatic carbocycles.